The van der Waals surface area contributed by atoms with Crippen LogP contribution in [0.2, 0.25) is 0 Å². The van der Waals surface area contributed by atoms with Gasteiger partial charge in [0.2, 0.25) is 5.88 Å². The van der Waals surface area contributed by atoms with Crippen molar-refractivity contribution >= 4 is 22.8 Å². The van der Waals surface area contributed by atoms with Gasteiger partial charge in [0.05, 0.1) is 12.7 Å². The minimum Gasteiger partial charge on any atom is -0.474 e. The SMILES string of the molecule is CC(C)Oc1nc2nn(CC3CCOC3)cc2cc1C(=O)Nc1ccn(C)n1. The molecule has 1 aliphatic rings. The van der Waals surface area contributed by atoms with E-state index in [-0.39, 0.29) is 17.9 Å². The Morgan fingerprint density at radius 1 is 1.43 bits per heavy atom. The topological polar surface area (TPSA) is 96.1 Å². The number of hydrogen-bond donors (Lipinski definition) is 1. The Morgan fingerprint density at radius 3 is 2.96 bits per heavy atom. The molecule has 4 heterocycles. The molecule has 28 heavy (non-hydrogen) atoms. The number of ether oxygens (including phenoxy) is 2. The monoisotopic (exact) mass is 384 g/mol. The van der Waals surface area contributed by atoms with Crippen molar-refractivity contribution in [1.29, 1.82) is 0 Å². The number of aryl methyl sites for hydroxylation is 1. The van der Waals surface area contributed by atoms with E-state index in [1.165, 1.54) is 0 Å². The van der Waals surface area contributed by atoms with Crippen molar-refractivity contribution in [2.24, 2.45) is 13.0 Å². The van der Waals surface area contributed by atoms with Gasteiger partial charge in [0, 0.05) is 50.0 Å². The molecule has 4 rings (SSSR count). The van der Waals surface area contributed by atoms with E-state index in [2.05, 4.69) is 20.5 Å². The smallest absolute Gasteiger partial charge is 0.262 e. The quantitative estimate of drug-likeness (QED) is 0.700. The van der Waals surface area contributed by atoms with Gasteiger partial charge in [0.25, 0.3) is 5.91 Å². The highest BCUT2D eigenvalue weighted by Gasteiger charge is 2.21. The Balaban J connectivity index is 1.64. The maximum absolute atomic E-state index is 12.8. The fourth-order valence-electron chi connectivity index (χ4n) is 3.22. The summed E-state index contributed by atoms with van der Waals surface area (Å²) in [7, 11) is 1.79. The van der Waals surface area contributed by atoms with Crippen LogP contribution in [0.4, 0.5) is 5.82 Å². The highest BCUT2D eigenvalue weighted by molar-refractivity contribution is 6.07. The number of amides is 1. The second-order valence-electron chi connectivity index (χ2n) is 7.33. The number of fused-ring (bicyclic) bond motifs is 1. The van der Waals surface area contributed by atoms with E-state index in [1.54, 1.807) is 30.1 Å². The average molecular weight is 384 g/mol. The zero-order valence-corrected chi connectivity index (χ0v) is 16.3. The Hall–Kier alpha value is -2.94. The number of rotatable bonds is 6. The summed E-state index contributed by atoms with van der Waals surface area (Å²) in [5, 5.41) is 12.3. The van der Waals surface area contributed by atoms with Crippen LogP contribution in [0.3, 0.4) is 0 Å². The van der Waals surface area contributed by atoms with Crippen LogP contribution in [0.25, 0.3) is 11.0 Å². The van der Waals surface area contributed by atoms with Crippen molar-refractivity contribution < 1.29 is 14.3 Å². The largest absolute Gasteiger partial charge is 0.474 e. The summed E-state index contributed by atoms with van der Waals surface area (Å²) >= 11 is 0. The van der Waals surface area contributed by atoms with Crippen LogP contribution in [-0.2, 0) is 18.3 Å². The lowest BCUT2D eigenvalue weighted by atomic mass is 10.1. The van der Waals surface area contributed by atoms with Gasteiger partial charge in [-0.25, -0.2) is 0 Å². The molecule has 1 N–H and O–H groups in total. The third-order valence-corrected chi connectivity index (χ3v) is 4.52. The molecule has 1 unspecified atom stereocenters. The van der Waals surface area contributed by atoms with Gasteiger partial charge in [-0.15, -0.1) is 0 Å². The lowest BCUT2D eigenvalue weighted by Gasteiger charge is -2.12. The summed E-state index contributed by atoms with van der Waals surface area (Å²) in [6.07, 6.45) is 4.59. The number of anilines is 1. The molecule has 0 aliphatic carbocycles. The summed E-state index contributed by atoms with van der Waals surface area (Å²) < 4.78 is 14.7. The van der Waals surface area contributed by atoms with Crippen molar-refractivity contribution in [2.75, 3.05) is 18.5 Å². The van der Waals surface area contributed by atoms with Crippen molar-refractivity contribution in [3.05, 3.63) is 30.1 Å². The molecule has 3 aromatic heterocycles. The number of pyridine rings is 1. The van der Waals surface area contributed by atoms with Crippen molar-refractivity contribution in [3.8, 4) is 5.88 Å². The highest BCUT2D eigenvalue weighted by atomic mass is 16.5. The Morgan fingerprint density at radius 2 is 2.29 bits per heavy atom. The second kappa shape index (κ2) is 7.59. The molecule has 3 aromatic rings. The summed E-state index contributed by atoms with van der Waals surface area (Å²) in [4.78, 5) is 17.3. The van der Waals surface area contributed by atoms with Gasteiger partial charge >= 0.3 is 0 Å². The average Bonchev–Trinajstić information content (AvgIpc) is 3.35. The van der Waals surface area contributed by atoms with Crippen molar-refractivity contribution in [3.63, 3.8) is 0 Å². The molecule has 0 aromatic carbocycles. The first-order valence-corrected chi connectivity index (χ1v) is 9.41. The molecule has 1 saturated heterocycles. The number of hydrogen-bond acceptors (Lipinski definition) is 6. The number of nitrogens with one attached hydrogen (secondary N) is 1. The van der Waals surface area contributed by atoms with E-state index in [0.717, 1.165) is 31.6 Å². The Labute approximate surface area is 162 Å². The first-order valence-electron chi connectivity index (χ1n) is 9.41. The molecule has 1 fully saturated rings. The van der Waals surface area contributed by atoms with Gasteiger partial charge in [-0.2, -0.15) is 15.2 Å². The second-order valence-corrected chi connectivity index (χ2v) is 7.33. The predicted octanol–water partition coefficient (Wildman–Crippen LogP) is 2.24. The molecular weight excluding hydrogens is 360 g/mol. The lowest BCUT2D eigenvalue weighted by Crippen LogP contribution is -2.17. The van der Waals surface area contributed by atoms with Gasteiger partial charge in [-0.1, -0.05) is 0 Å². The standard InChI is InChI=1S/C19H24N6O3/c1-12(2)28-19-15(18(26)20-16-4-6-24(3)22-16)8-14-10-25(23-17(14)21-19)9-13-5-7-27-11-13/h4,6,8,10,12-13H,5,7,9,11H2,1-3H3,(H,20,22,26). The van der Waals surface area contributed by atoms with E-state index < -0.39 is 0 Å². The van der Waals surface area contributed by atoms with E-state index in [9.17, 15) is 4.79 Å². The van der Waals surface area contributed by atoms with Crippen molar-refractivity contribution in [2.45, 2.75) is 32.9 Å². The third kappa shape index (κ3) is 3.99. The molecule has 0 spiro atoms. The van der Waals surface area contributed by atoms with E-state index >= 15 is 0 Å². The van der Waals surface area contributed by atoms with Crippen LogP contribution in [0.1, 0.15) is 30.6 Å². The van der Waals surface area contributed by atoms with Gasteiger partial charge in [0.1, 0.15) is 5.56 Å². The van der Waals surface area contributed by atoms with E-state index in [4.69, 9.17) is 9.47 Å². The fraction of sp³-hybridized carbons (Fsp3) is 0.474. The maximum Gasteiger partial charge on any atom is 0.262 e. The first-order chi connectivity index (χ1) is 13.5. The van der Waals surface area contributed by atoms with Gasteiger partial charge < -0.3 is 14.8 Å². The molecule has 0 bridgehead atoms. The number of carbonyl (C=O) groups excluding carboxylic acids is 1. The van der Waals surface area contributed by atoms with Crippen LogP contribution < -0.4 is 10.1 Å². The third-order valence-electron chi connectivity index (χ3n) is 4.52. The minimum atomic E-state index is -0.319. The zero-order chi connectivity index (χ0) is 19.7. The molecule has 1 aliphatic heterocycles. The van der Waals surface area contributed by atoms with Crippen LogP contribution in [-0.4, -0.2) is 49.8 Å². The molecule has 9 nitrogen and oxygen atoms in total. The highest BCUT2D eigenvalue weighted by Crippen LogP contribution is 2.24. The summed E-state index contributed by atoms with van der Waals surface area (Å²) in [6, 6.07) is 3.50. The summed E-state index contributed by atoms with van der Waals surface area (Å²) in [6.45, 7) is 6.11. The lowest BCUT2D eigenvalue weighted by molar-refractivity contribution is 0.101. The minimum absolute atomic E-state index is 0.121. The summed E-state index contributed by atoms with van der Waals surface area (Å²) in [5.41, 5.74) is 0.916. The van der Waals surface area contributed by atoms with E-state index in [1.807, 2.05) is 24.7 Å². The Kier molecular flexibility index (Phi) is 4.99. The zero-order valence-electron chi connectivity index (χ0n) is 16.3. The number of nitrogens with zero attached hydrogens (tertiary/aromatic N) is 5. The first kappa shape index (κ1) is 18.4. The van der Waals surface area contributed by atoms with Crippen LogP contribution in [0.5, 0.6) is 5.88 Å². The fourth-order valence-corrected chi connectivity index (χ4v) is 3.22. The maximum atomic E-state index is 12.8. The van der Waals surface area contributed by atoms with Gasteiger partial charge in [-0.05, 0) is 26.3 Å². The van der Waals surface area contributed by atoms with Gasteiger partial charge in [0.15, 0.2) is 11.5 Å². The summed E-state index contributed by atoms with van der Waals surface area (Å²) in [5.74, 6) is 0.874. The van der Waals surface area contributed by atoms with Crippen LogP contribution in [0.15, 0.2) is 24.5 Å². The normalized spacial score (nSPS) is 16.8. The van der Waals surface area contributed by atoms with Gasteiger partial charge in [-0.3, -0.25) is 14.2 Å². The molecule has 1 amide bonds. The molecule has 148 valence electrons. The molecule has 9 heteroatoms. The predicted molar refractivity (Wildman–Crippen MR) is 103 cm³/mol. The van der Waals surface area contributed by atoms with Crippen molar-refractivity contribution in [1.82, 2.24) is 24.5 Å². The van der Waals surface area contributed by atoms with E-state index in [0.29, 0.717) is 22.9 Å². The van der Waals surface area contributed by atoms with Crippen LogP contribution >= 0.6 is 0 Å². The molecule has 0 saturated carbocycles. The number of aromatic nitrogens is 5. The number of carbonyl (C=O) groups is 1. The van der Waals surface area contributed by atoms with Crippen LogP contribution in [0, 0.1) is 5.92 Å². The molecular formula is C19H24N6O3. The molecule has 0 radical (unpaired) electrons. The molecule has 1 atom stereocenters. The Bertz CT molecular complexity index is 987.